The van der Waals surface area contributed by atoms with Gasteiger partial charge in [-0.2, -0.15) is 0 Å². The lowest BCUT2D eigenvalue weighted by Gasteiger charge is -2.08. The minimum Gasteiger partial charge on any atom is -0.506 e. The summed E-state index contributed by atoms with van der Waals surface area (Å²) >= 11 is 5.90. The zero-order valence-electron chi connectivity index (χ0n) is 7.63. The van der Waals surface area contributed by atoms with Gasteiger partial charge in [0.25, 0.3) is 0 Å². The Balaban J connectivity index is 2.20. The van der Waals surface area contributed by atoms with Gasteiger partial charge in [-0.25, -0.2) is 0 Å². The molecule has 0 unspecified atom stereocenters. The van der Waals surface area contributed by atoms with Crippen molar-refractivity contribution < 1.29 is 5.11 Å². The van der Waals surface area contributed by atoms with Crippen LogP contribution in [0.4, 0.5) is 5.69 Å². The number of rotatable bonds is 1. The van der Waals surface area contributed by atoms with Crippen LogP contribution in [-0.4, -0.2) is 17.5 Å². The molecule has 0 saturated heterocycles. The molecule has 1 aliphatic heterocycles. The molecule has 0 aromatic heterocycles. The second-order valence-corrected chi connectivity index (χ2v) is 3.57. The molecule has 0 bridgehead atoms. The summed E-state index contributed by atoms with van der Waals surface area (Å²) in [4.78, 5) is 4.27. The van der Waals surface area contributed by atoms with Crippen LogP contribution < -0.4 is 5.32 Å². The molecular formula is C10H11ClN2O. The number of nitrogens with zero attached hydrogens (tertiary/aromatic N) is 1. The van der Waals surface area contributed by atoms with Crippen molar-refractivity contribution in [1.29, 1.82) is 0 Å². The van der Waals surface area contributed by atoms with Crippen molar-refractivity contribution in [3.8, 4) is 5.75 Å². The largest absolute Gasteiger partial charge is 0.506 e. The van der Waals surface area contributed by atoms with E-state index < -0.39 is 0 Å². The second kappa shape index (κ2) is 3.88. The van der Waals surface area contributed by atoms with E-state index in [1.54, 1.807) is 12.1 Å². The molecule has 1 aromatic carbocycles. The number of benzene rings is 1. The summed E-state index contributed by atoms with van der Waals surface area (Å²) in [5.74, 6) is 1.03. The van der Waals surface area contributed by atoms with E-state index in [4.69, 9.17) is 11.6 Å². The molecule has 3 nitrogen and oxygen atoms in total. The summed E-state index contributed by atoms with van der Waals surface area (Å²) in [6.45, 7) is 0.874. The molecule has 0 spiro atoms. The van der Waals surface area contributed by atoms with Gasteiger partial charge < -0.3 is 10.4 Å². The number of amidine groups is 1. The molecule has 14 heavy (non-hydrogen) atoms. The fourth-order valence-corrected chi connectivity index (χ4v) is 1.59. The molecule has 0 radical (unpaired) electrons. The maximum absolute atomic E-state index is 9.36. The molecule has 1 aromatic rings. The number of halogens is 1. The van der Waals surface area contributed by atoms with E-state index in [-0.39, 0.29) is 5.75 Å². The topological polar surface area (TPSA) is 44.6 Å². The molecule has 74 valence electrons. The molecule has 1 aliphatic rings. The van der Waals surface area contributed by atoms with Crippen molar-refractivity contribution in [1.82, 2.24) is 0 Å². The average molecular weight is 211 g/mol. The van der Waals surface area contributed by atoms with Crippen molar-refractivity contribution in [2.45, 2.75) is 12.8 Å². The first-order valence-corrected chi connectivity index (χ1v) is 4.93. The highest BCUT2D eigenvalue weighted by atomic mass is 35.5. The van der Waals surface area contributed by atoms with Crippen molar-refractivity contribution in [3.63, 3.8) is 0 Å². The number of nitrogens with one attached hydrogen (secondary N) is 1. The van der Waals surface area contributed by atoms with Gasteiger partial charge in [0, 0.05) is 13.0 Å². The summed E-state index contributed by atoms with van der Waals surface area (Å²) in [5.41, 5.74) is 0.715. The summed E-state index contributed by atoms with van der Waals surface area (Å²) in [7, 11) is 0. The van der Waals surface area contributed by atoms with E-state index in [0.717, 1.165) is 25.2 Å². The molecule has 0 aliphatic carbocycles. The SMILES string of the molecule is Oc1cccc(NC2=NCCC2)c1Cl. The lowest BCUT2D eigenvalue weighted by Crippen LogP contribution is -2.08. The Labute approximate surface area is 87.4 Å². The first-order chi connectivity index (χ1) is 6.77. The Morgan fingerprint density at radius 1 is 1.43 bits per heavy atom. The summed E-state index contributed by atoms with van der Waals surface area (Å²) in [5, 5.41) is 12.8. The average Bonchev–Trinajstić information content (AvgIpc) is 2.66. The standard InChI is InChI=1S/C10H11ClN2O/c11-10-7(3-1-4-8(10)14)13-9-5-2-6-12-9/h1,3-4,14H,2,5-6H2,(H,12,13). The quantitative estimate of drug-likeness (QED) is 0.749. The van der Waals surface area contributed by atoms with Crippen LogP contribution in [0.3, 0.4) is 0 Å². The Hall–Kier alpha value is -1.22. The fraction of sp³-hybridized carbons (Fsp3) is 0.300. The Bertz CT molecular complexity index is 376. The van der Waals surface area contributed by atoms with Crippen LogP contribution in [0, 0.1) is 0 Å². The molecule has 0 atom stereocenters. The van der Waals surface area contributed by atoms with Crippen LogP contribution in [0.1, 0.15) is 12.8 Å². The summed E-state index contributed by atoms with van der Waals surface area (Å²) < 4.78 is 0. The molecule has 0 fully saturated rings. The van der Waals surface area contributed by atoms with Gasteiger partial charge in [0.05, 0.1) is 5.69 Å². The predicted octanol–water partition coefficient (Wildman–Crippen LogP) is 2.65. The van der Waals surface area contributed by atoms with Gasteiger partial charge in [-0.1, -0.05) is 17.7 Å². The fourth-order valence-electron chi connectivity index (χ4n) is 1.41. The van der Waals surface area contributed by atoms with Gasteiger partial charge >= 0.3 is 0 Å². The molecule has 0 amide bonds. The number of aliphatic imine (C=N–C) groups is 1. The predicted molar refractivity (Wildman–Crippen MR) is 58.3 cm³/mol. The van der Waals surface area contributed by atoms with Gasteiger partial charge in [-0.15, -0.1) is 0 Å². The Morgan fingerprint density at radius 3 is 3.00 bits per heavy atom. The van der Waals surface area contributed by atoms with E-state index in [1.807, 2.05) is 6.07 Å². The third-order valence-electron chi connectivity index (χ3n) is 2.13. The number of hydrogen-bond donors (Lipinski definition) is 2. The van der Waals surface area contributed by atoms with Gasteiger partial charge in [-0.3, -0.25) is 4.99 Å². The number of phenols is 1. The van der Waals surface area contributed by atoms with Crippen molar-refractivity contribution >= 4 is 23.1 Å². The normalized spacial score (nSPS) is 15.4. The maximum Gasteiger partial charge on any atom is 0.136 e. The van der Waals surface area contributed by atoms with E-state index in [2.05, 4.69) is 10.3 Å². The molecular weight excluding hydrogens is 200 g/mol. The van der Waals surface area contributed by atoms with E-state index in [9.17, 15) is 5.11 Å². The van der Waals surface area contributed by atoms with E-state index in [0.29, 0.717) is 10.7 Å². The zero-order chi connectivity index (χ0) is 9.97. The minimum atomic E-state index is 0.0928. The Kier molecular flexibility index (Phi) is 2.59. The number of phenolic OH excluding ortho intramolecular Hbond substituents is 1. The zero-order valence-corrected chi connectivity index (χ0v) is 8.38. The van der Waals surface area contributed by atoms with Gasteiger partial charge in [0.1, 0.15) is 16.6 Å². The highest BCUT2D eigenvalue weighted by molar-refractivity contribution is 6.35. The van der Waals surface area contributed by atoms with Crippen molar-refractivity contribution in [3.05, 3.63) is 23.2 Å². The Morgan fingerprint density at radius 2 is 2.29 bits per heavy atom. The van der Waals surface area contributed by atoms with Crippen LogP contribution in [0.2, 0.25) is 5.02 Å². The van der Waals surface area contributed by atoms with Crippen LogP contribution >= 0.6 is 11.6 Å². The van der Waals surface area contributed by atoms with Crippen LogP contribution in [0.25, 0.3) is 0 Å². The third kappa shape index (κ3) is 1.82. The number of hydrogen-bond acceptors (Lipinski definition) is 3. The van der Waals surface area contributed by atoms with Crippen LogP contribution in [0.5, 0.6) is 5.75 Å². The summed E-state index contributed by atoms with van der Waals surface area (Å²) in [6.07, 6.45) is 2.03. The highest BCUT2D eigenvalue weighted by Crippen LogP contribution is 2.31. The van der Waals surface area contributed by atoms with E-state index in [1.165, 1.54) is 0 Å². The first kappa shape index (κ1) is 9.34. The monoisotopic (exact) mass is 210 g/mol. The molecule has 4 heteroatoms. The third-order valence-corrected chi connectivity index (χ3v) is 2.53. The van der Waals surface area contributed by atoms with Gasteiger partial charge in [-0.05, 0) is 18.6 Å². The lowest BCUT2D eigenvalue weighted by molar-refractivity contribution is 0.476. The van der Waals surface area contributed by atoms with Crippen molar-refractivity contribution in [2.75, 3.05) is 11.9 Å². The summed E-state index contributed by atoms with van der Waals surface area (Å²) in [6, 6.07) is 5.13. The first-order valence-electron chi connectivity index (χ1n) is 4.55. The van der Waals surface area contributed by atoms with E-state index >= 15 is 0 Å². The van der Waals surface area contributed by atoms with Gasteiger partial charge in [0.2, 0.25) is 0 Å². The minimum absolute atomic E-state index is 0.0928. The van der Waals surface area contributed by atoms with Crippen LogP contribution in [-0.2, 0) is 0 Å². The highest BCUT2D eigenvalue weighted by Gasteiger charge is 2.09. The van der Waals surface area contributed by atoms with Crippen molar-refractivity contribution in [2.24, 2.45) is 4.99 Å². The molecule has 2 N–H and O–H groups in total. The maximum atomic E-state index is 9.36. The van der Waals surface area contributed by atoms with Gasteiger partial charge in [0.15, 0.2) is 0 Å². The second-order valence-electron chi connectivity index (χ2n) is 3.20. The lowest BCUT2D eigenvalue weighted by atomic mass is 10.2. The molecule has 1 heterocycles. The smallest absolute Gasteiger partial charge is 0.136 e. The molecule has 0 saturated carbocycles. The van der Waals surface area contributed by atoms with Crippen LogP contribution in [0.15, 0.2) is 23.2 Å². The number of anilines is 1. The number of aromatic hydroxyl groups is 1. The molecule has 2 rings (SSSR count).